The van der Waals surface area contributed by atoms with Crippen molar-refractivity contribution < 1.29 is 9.90 Å². The molecule has 98 valence electrons. The maximum atomic E-state index is 11.2. The van der Waals surface area contributed by atoms with Crippen LogP contribution in [0.4, 0.5) is 5.69 Å². The third-order valence-electron chi connectivity index (χ3n) is 2.47. The summed E-state index contributed by atoms with van der Waals surface area (Å²) < 4.78 is 0. The molecule has 2 aromatic rings. The van der Waals surface area contributed by atoms with Gasteiger partial charge in [0.05, 0.1) is 15.6 Å². The number of aromatic carboxylic acids is 1. The Morgan fingerprint density at radius 3 is 2.79 bits per heavy atom. The Morgan fingerprint density at radius 2 is 2.16 bits per heavy atom. The topological polar surface area (TPSA) is 76.2 Å². The highest BCUT2D eigenvalue weighted by molar-refractivity contribution is 7.98. The summed E-state index contributed by atoms with van der Waals surface area (Å²) in [5, 5.41) is 10.5. The van der Waals surface area contributed by atoms with E-state index in [1.807, 2.05) is 0 Å². The normalized spacial score (nSPS) is 10.4. The van der Waals surface area contributed by atoms with Gasteiger partial charge < -0.3 is 10.8 Å². The Labute approximate surface area is 119 Å². The molecule has 0 atom stereocenters. The lowest BCUT2D eigenvalue weighted by atomic mass is 10.1. The number of thioether (sulfide) groups is 1. The number of rotatable bonds is 4. The van der Waals surface area contributed by atoms with Crippen molar-refractivity contribution in [1.82, 2.24) is 4.98 Å². The van der Waals surface area contributed by atoms with Gasteiger partial charge >= 0.3 is 5.97 Å². The molecule has 1 aromatic carbocycles. The van der Waals surface area contributed by atoms with E-state index in [1.54, 1.807) is 36.5 Å². The van der Waals surface area contributed by atoms with Crippen LogP contribution in [0, 0.1) is 0 Å². The molecule has 0 saturated carbocycles. The highest BCUT2D eigenvalue weighted by atomic mass is 35.5. The minimum atomic E-state index is -1.02. The van der Waals surface area contributed by atoms with Gasteiger partial charge in [-0.15, -0.1) is 11.8 Å². The molecule has 4 nitrogen and oxygen atoms in total. The number of benzene rings is 1. The van der Waals surface area contributed by atoms with E-state index < -0.39 is 5.97 Å². The van der Waals surface area contributed by atoms with E-state index in [0.29, 0.717) is 16.3 Å². The predicted molar refractivity (Wildman–Crippen MR) is 76.6 cm³/mol. The van der Waals surface area contributed by atoms with Crippen LogP contribution in [0.15, 0.2) is 41.6 Å². The fourth-order valence-electron chi connectivity index (χ4n) is 1.60. The standard InChI is InChI=1S/C13H11ClN2O2S/c14-9-4-5-11(16-6-9)19-7-8-2-1-3-10(15)12(8)13(17)18/h1-6H,7,15H2,(H,17,18). The molecule has 2 rings (SSSR count). The van der Waals surface area contributed by atoms with Crippen LogP contribution in [0.3, 0.4) is 0 Å². The Hall–Kier alpha value is -1.72. The number of nitrogens with zero attached hydrogens (tertiary/aromatic N) is 1. The molecule has 19 heavy (non-hydrogen) atoms. The summed E-state index contributed by atoms with van der Waals surface area (Å²) in [6.07, 6.45) is 1.56. The van der Waals surface area contributed by atoms with Crippen molar-refractivity contribution in [2.24, 2.45) is 0 Å². The maximum Gasteiger partial charge on any atom is 0.338 e. The number of anilines is 1. The Kier molecular flexibility index (Phi) is 4.29. The van der Waals surface area contributed by atoms with Crippen LogP contribution < -0.4 is 5.73 Å². The summed E-state index contributed by atoms with van der Waals surface area (Å²) in [5.41, 5.74) is 6.79. The zero-order valence-electron chi connectivity index (χ0n) is 9.84. The summed E-state index contributed by atoms with van der Waals surface area (Å²) in [6.45, 7) is 0. The molecule has 1 heterocycles. The summed E-state index contributed by atoms with van der Waals surface area (Å²) in [7, 11) is 0. The van der Waals surface area contributed by atoms with E-state index in [2.05, 4.69) is 4.98 Å². The van der Waals surface area contributed by atoms with Crippen molar-refractivity contribution >= 4 is 35.0 Å². The van der Waals surface area contributed by atoms with Crippen molar-refractivity contribution in [2.45, 2.75) is 10.8 Å². The van der Waals surface area contributed by atoms with Gasteiger partial charge in [-0.25, -0.2) is 9.78 Å². The average molecular weight is 295 g/mol. The molecule has 3 N–H and O–H groups in total. The monoisotopic (exact) mass is 294 g/mol. The number of hydrogen-bond acceptors (Lipinski definition) is 4. The van der Waals surface area contributed by atoms with Gasteiger partial charge in [0.25, 0.3) is 0 Å². The van der Waals surface area contributed by atoms with Crippen LogP contribution in [0.2, 0.25) is 5.02 Å². The van der Waals surface area contributed by atoms with Gasteiger partial charge in [0.15, 0.2) is 0 Å². The Balaban J connectivity index is 2.18. The Morgan fingerprint density at radius 1 is 1.37 bits per heavy atom. The first-order chi connectivity index (χ1) is 9.08. The molecule has 0 amide bonds. The van der Waals surface area contributed by atoms with Gasteiger partial charge in [-0.1, -0.05) is 23.7 Å². The number of carboxylic acid groups (broad SMARTS) is 1. The van der Waals surface area contributed by atoms with Gasteiger partial charge in [0, 0.05) is 17.6 Å². The minimum Gasteiger partial charge on any atom is -0.478 e. The average Bonchev–Trinajstić information content (AvgIpc) is 2.37. The molecule has 0 fully saturated rings. The number of nitrogen functional groups attached to an aromatic ring is 1. The zero-order chi connectivity index (χ0) is 13.8. The number of aromatic nitrogens is 1. The van der Waals surface area contributed by atoms with Crippen LogP contribution >= 0.6 is 23.4 Å². The van der Waals surface area contributed by atoms with Crippen LogP contribution in [0.1, 0.15) is 15.9 Å². The second kappa shape index (κ2) is 5.95. The molecule has 0 aliphatic carbocycles. The van der Waals surface area contributed by atoms with Crippen molar-refractivity contribution in [2.75, 3.05) is 5.73 Å². The fraction of sp³-hybridized carbons (Fsp3) is 0.0769. The highest BCUT2D eigenvalue weighted by Gasteiger charge is 2.13. The van der Waals surface area contributed by atoms with Crippen molar-refractivity contribution in [3.05, 3.63) is 52.7 Å². The summed E-state index contributed by atoms with van der Waals surface area (Å²) in [6, 6.07) is 8.61. The van der Waals surface area contributed by atoms with Crippen molar-refractivity contribution in [3.8, 4) is 0 Å². The first-order valence-corrected chi connectivity index (χ1v) is 6.79. The van der Waals surface area contributed by atoms with E-state index in [-0.39, 0.29) is 11.3 Å². The SMILES string of the molecule is Nc1cccc(CSc2ccc(Cl)cn2)c1C(=O)O. The van der Waals surface area contributed by atoms with E-state index in [1.165, 1.54) is 11.8 Å². The molecule has 0 aliphatic rings. The van der Waals surface area contributed by atoms with E-state index in [0.717, 1.165) is 5.03 Å². The number of carboxylic acids is 1. The molecule has 0 saturated heterocycles. The number of nitrogens with two attached hydrogens (primary N) is 1. The highest BCUT2D eigenvalue weighted by Crippen LogP contribution is 2.26. The van der Waals surface area contributed by atoms with Gasteiger partial charge in [-0.2, -0.15) is 0 Å². The minimum absolute atomic E-state index is 0.156. The third kappa shape index (κ3) is 3.39. The van der Waals surface area contributed by atoms with Crippen molar-refractivity contribution in [1.29, 1.82) is 0 Å². The van der Waals surface area contributed by atoms with E-state index in [9.17, 15) is 4.79 Å². The summed E-state index contributed by atoms with van der Waals surface area (Å²) in [4.78, 5) is 15.3. The first kappa shape index (κ1) is 13.7. The zero-order valence-corrected chi connectivity index (χ0v) is 11.4. The quantitative estimate of drug-likeness (QED) is 0.668. The lowest BCUT2D eigenvalue weighted by Crippen LogP contribution is -2.06. The third-order valence-corrected chi connectivity index (χ3v) is 3.69. The fourth-order valence-corrected chi connectivity index (χ4v) is 2.55. The van der Waals surface area contributed by atoms with Crippen LogP contribution in [-0.4, -0.2) is 16.1 Å². The molecular formula is C13H11ClN2O2S. The molecule has 0 spiro atoms. The van der Waals surface area contributed by atoms with Gasteiger partial charge in [0.1, 0.15) is 0 Å². The Bertz CT molecular complexity index is 602. The number of pyridine rings is 1. The number of carbonyl (C=O) groups is 1. The summed E-state index contributed by atoms with van der Waals surface area (Å²) in [5.74, 6) is -0.529. The second-order valence-corrected chi connectivity index (χ2v) is 5.22. The van der Waals surface area contributed by atoms with E-state index >= 15 is 0 Å². The largest absolute Gasteiger partial charge is 0.478 e. The van der Waals surface area contributed by atoms with E-state index in [4.69, 9.17) is 22.4 Å². The van der Waals surface area contributed by atoms with Crippen LogP contribution in [0.25, 0.3) is 0 Å². The lowest BCUT2D eigenvalue weighted by molar-refractivity contribution is 0.0697. The molecule has 0 unspecified atom stereocenters. The van der Waals surface area contributed by atoms with Gasteiger partial charge in [0.2, 0.25) is 0 Å². The van der Waals surface area contributed by atoms with Crippen LogP contribution in [-0.2, 0) is 5.75 Å². The molecule has 0 aliphatic heterocycles. The van der Waals surface area contributed by atoms with Gasteiger partial charge in [-0.3, -0.25) is 0 Å². The van der Waals surface area contributed by atoms with Gasteiger partial charge in [-0.05, 0) is 23.8 Å². The first-order valence-electron chi connectivity index (χ1n) is 5.43. The molecule has 1 aromatic heterocycles. The molecular weight excluding hydrogens is 284 g/mol. The lowest BCUT2D eigenvalue weighted by Gasteiger charge is -2.08. The predicted octanol–water partition coefficient (Wildman–Crippen LogP) is 3.31. The molecule has 0 radical (unpaired) electrons. The number of halogens is 1. The maximum absolute atomic E-state index is 11.2. The van der Waals surface area contributed by atoms with Crippen LogP contribution in [0.5, 0.6) is 0 Å². The second-order valence-electron chi connectivity index (χ2n) is 3.79. The summed E-state index contributed by atoms with van der Waals surface area (Å²) >= 11 is 7.18. The smallest absolute Gasteiger partial charge is 0.338 e. The molecule has 6 heteroatoms. The van der Waals surface area contributed by atoms with Crippen molar-refractivity contribution in [3.63, 3.8) is 0 Å². The number of hydrogen-bond donors (Lipinski definition) is 2. The molecule has 0 bridgehead atoms.